The van der Waals surface area contributed by atoms with E-state index in [0.717, 1.165) is 20.8 Å². The van der Waals surface area contributed by atoms with Gasteiger partial charge >= 0.3 is 0 Å². The van der Waals surface area contributed by atoms with E-state index in [0.29, 0.717) is 5.82 Å². The van der Waals surface area contributed by atoms with Crippen LogP contribution in [0, 0.1) is 6.92 Å². The number of hydrogen-bond donors (Lipinski definition) is 0. The van der Waals surface area contributed by atoms with Crippen molar-refractivity contribution in [3.05, 3.63) is 53.0 Å². The fourth-order valence-electron chi connectivity index (χ4n) is 2.03. The summed E-state index contributed by atoms with van der Waals surface area (Å²) in [7, 11) is 0. The molecule has 0 atom stereocenters. The van der Waals surface area contributed by atoms with Gasteiger partial charge in [-0.2, -0.15) is 9.37 Å². The Kier molecular flexibility index (Phi) is 2.64. The number of para-hydroxylation sites is 1. The molecule has 4 rings (SSSR count). The third-order valence-corrected chi connectivity index (χ3v) is 4.84. The van der Waals surface area contributed by atoms with E-state index >= 15 is 0 Å². The number of benzene rings is 1. The highest BCUT2D eigenvalue weighted by Crippen LogP contribution is 2.24. The van der Waals surface area contributed by atoms with Crippen LogP contribution in [0.2, 0.25) is 0 Å². The predicted molar refractivity (Wildman–Crippen MR) is 82.6 cm³/mol. The number of hydrogen-bond acceptors (Lipinski definition) is 5. The largest absolute Gasteiger partial charge is 0.258 e. The summed E-state index contributed by atoms with van der Waals surface area (Å²) in [5.74, 6) is 0.712. The Hall–Kier alpha value is -2.05. The molecule has 0 saturated carbocycles. The minimum absolute atomic E-state index is 0.712. The molecule has 1 aromatic carbocycles. The van der Waals surface area contributed by atoms with Crippen LogP contribution in [0.3, 0.4) is 0 Å². The van der Waals surface area contributed by atoms with Crippen molar-refractivity contribution in [3.8, 4) is 0 Å². The van der Waals surface area contributed by atoms with Gasteiger partial charge in [0.05, 0.1) is 10.2 Å². The van der Waals surface area contributed by atoms with Gasteiger partial charge in [0, 0.05) is 17.7 Å². The third kappa shape index (κ3) is 1.85. The van der Waals surface area contributed by atoms with E-state index in [9.17, 15) is 0 Å². The van der Waals surface area contributed by atoms with Gasteiger partial charge in [-0.15, -0.1) is 0 Å². The Balaban J connectivity index is 2.02. The fraction of sp³-hybridized carbons (Fsp3) is 0.0714. The fourth-order valence-corrected chi connectivity index (χ4v) is 3.88. The first-order valence-corrected chi connectivity index (χ1v) is 7.73. The Morgan fingerprint density at radius 2 is 2.05 bits per heavy atom. The molecule has 0 saturated heterocycles. The maximum atomic E-state index is 4.61. The molecular formula is C14H10N4S2. The zero-order chi connectivity index (χ0) is 13.5. The molecule has 0 amide bonds. The maximum absolute atomic E-state index is 4.61. The van der Waals surface area contributed by atoms with Crippen LogP contribution in [-0.2, 0) is 0 Å². The molecule has 0 radical (unpaired) electrons. The summed E-state index contributed by atoms with van der Waals surface area (Å²) >= 11 is 3.08. The van der Waals surface area contributed by atoms with E-state index in [-0.39, 0.29) is 0 Å². The van der Waals surface area contributed by atoms with Crippen molar-refractivity contribution in [1.82, 2.24) is 13.8 Å². The first kappa shape index (κ1) is 11.7. The van der Waals surface area contributed by atoms with Crippen molar-refractivity contribution < 1.29 is 0 Å². The lowest BCUT2D eigenvalue weighted by Gasteiger charge is -1.93. The number of rotatable bonds is 1. The molecule has 0 fully saturated rings. The second-order valence-corrected chi connectivity index (χ2v) is 6.20. The van der Waals surface area contributed by atoms with Gasteiger partial charge in [0.25, 0.3) is 0 Å². The lowest BCUT2D eigenvalue weighted by molar-refractivity contribution is 1.12. The molecule has 0 spiro atoms. The first-order chi connectivity index (χ1) is 9.81. The number of aryl methyl sites for hydroxylation is 1. The van der Waals surface area contributed by atoms with Crippen LogP contribution in [0.25, 0.3) is 15.2 Å². The molecule has 3 aromatic heterocycles. The molecular weight excluding hydrogens is 288 g/mol. The number of aromatic nitrogens is 3. The second kappa shape index (κ2) is 4.50. The molecule has 4 nitrogen and oxygen atoms in total. The topological polar surface area (TPSA) is 42.5 Å². The van der Waals surface area contributed by atoms with Crippen molar-refractivity contribution in [2.24, 2.45) is 4.99 Å². The summed E-state index contributed by atoms with van der Waals surface area (Å²) in [5.41, 5.74) is 2.28. The van der Waals surface area contributed by atoms with Crippen molar-refractivity contribution >= 4 is 43.9 Å². The molecule has 6 heteroatoms. The summed E-state index contributed by atoms with van der Waals surface area (Å²) in [6, 6.07) is 12.2. The van der Waals surface area contributed by atoms with Gasteiger partial charge in [0.1, 0.15) is 0 Å². The average Bonchev–Trinajstić information content (AvgIpc) is 3.01. The van der Waals surface area contributed by atoms with E-state index in [1.807, 2.05) is 37.4 Å². The van der Waals surface area contributed by atoms with Crippen molar-refractivity contribution in [2.45, 2.75) is 6.92 Å². The monoisotopic (exact) mass is 298 g/mol. The number of thiazole rings is 1. The molecule has 98 valence electrons. The van der Waals surface area contributed by atoms with Gasteiger partial charge in [-0.3, -0.25) is 4.40 Å². The van der Waals surface area contributed by atoms with Crippen LogP contribution in [0.1, 0.15) is 5.56 Å². The van der Waals surface area contributed by atoms with E-state index < -0.39 is 0 Å². The molecule has 0 unspecified atom stereocenters. The van der Waals surface area contributed by atoms with Crippen LogP contribution in [0.15, 0.2) is 47.6 Å². The van der Waals surface area contributed by atoms with Crippen LogP contribution in [0.5, 0.6) is 0 Å². The highest BCUT2D eigenvalue weighted by molar-refractivity contribution is 7.24. The van der Waals surface area contributed by atoms with E-state index in [1.54, 1.807) is 11.3 Å². The van der Waals surface area contributed by atoms with Gasteiger partial charge < -0.3 is 0 Å². The Morgan fingerprint density at radius 3 is 2.90 bits per heavy atom. The van der Waals surface area contributed by atoms with Gasteiger partial charge in [-0.25, -0.2) is 4.98 Å². The summed E-state index contributed by atoms with van der Waals surface area (Å²) in [4.78, 5) is 10.8. The Labute approximate surface area is 122 Å². The lowest BCUT2D eigenvalue weighted by atomic mass is 10.3. The Morgan fingerprint density at radius 1 is 1.15 bits per heavy atom. The van der Waals surface area contributed by atoms with Gasteiger partial charge in [-0.05, 0) is 30.7 Å². The molecule has 0 aliphatic carbocycles. The SMILES string of the molecule is Cc1ccc(N=c2snc3sc4ccccc4n23)nc1. The van der Waals surface area contributed by atoms with E-state index in [4.69, 9.17) is 0 Å². The molecule has 0 aliphatic rings. The summed E-state index contributed by atoms with van der Waals surface area (Å²) in [6.45, 7) is 2.02. The van der Waals surface area contributed by atoms with Gasteiger partial charge in [0.2, 0.25) is 9.76 Å². The quantitative estimate of drug-likeness (QED) is 0.539. The van der Waals surface area contributed by atoms with Crippen LogP contribution in [0.4, 0.5) is 5.82 Å². The second-order valence-electron chi connectivity index (χ2n) is 4.46. The van der Waals surface area contributed by atoms with Crippen LogP contribution < -0.4 is 4.80 Å². The van der Waals surface area contributed by atoms with E-state index in [2.05, 4.69) is 30.9 Å². The number of nitrogens with zero attached hydrogens (tertiary/aromatic N) is 4. The summed E-state index contributed by atoms with van der Waals surface area (Å²) in [6.07, 6.45) is 1.83. The van der Waals surface area contributed by atoms with Crippen LogP contribution >= 0.6 is 22.9 Å². The molecule has 3 heterocycles. The molecule has 0 bridgehead atoms. The molecule has 20 heavy (non-hydrogen) atoms. The molecule has 0 N–H and O–H groups in total. The molecule has 4 aromatic rings. The normalized spacial score (nSPS) is 12.6. The number of pyridine rings is 1. The standard InChI is InChI=1S/C14H10N4S2/c1-9-6-7-12(15-8-9)16-13-18-10-4-2-3-5-11(10)19-14(18)17-20-13/h2-8H,1H3. The minimum Gasteiger partial charge on any atom is -0.258 e. The van der Waals surface area contributed by atoms with Crippen molar-refractivity contribution in [3.63, 3.8) is 0 Å². The lowest BCUT2D eigenvalue weighted by Crippen LogP contribution is -2.04. The molecule has 0 aliphatic heterocycles. The Bertz CT molecular complexity index is 960. The van der Waals surface area contributed by atoms with Crippen LogP contribution in [-0.4, -0.2) is 13.8 Å². The highest BCUT2D eigenvalue weighted by Gasteiger charge is 2.07. The van der Waals surface area contributed by atoms with Gasteiger partial charge in [0.15, 0.2) is 5.82 Å². The average molecular weight is 298 g/mol. The minimum atomic E-state index is 0.712. The zero-order valence-corrected chi connectivity index (χ0v) is 12.3. The third-order valence-electron chi connectivity index (χ3n) is 3.00. The number of fused-ring (bicyclic) bond motifs is 3. The summed E-state index contributed by atoms with van der Waals surface area (Å²) < 4.78 is 7.78. The van der Waals surface area contributed by atoms with Gasteiger partial charge in [-0.1, -0.05) is 29.5 Å². The smallest absolute Gasteiger partial charge is 0.216 e. The summed E-state index contributed by atoms with van der Waals surface area (Å²) in [5, 5.41) is 0. The maximum Gasteiger partial charge on any atom is 0.216 e. The predicted octanol–water partition coefficient (Wildman–Crippen LogP) is 3.55. The highest BCUT2D eigenvalue weighted by atomic mass is 32.1. The first-order valence-electron chi connectivity index (χ1n) is 6.15. The van der Waals surface area contributed by atoms with Crippen molar-refractivity contribution in [1.29, 1.82) is 0 Å². The van der Waals surface area contributed by atoms with Crippen molar-refractivity contribution in [2.75, 3.05) is 0 Å². The zero-order valence-electron chi connectivity index (χ0n) is 10.6. The van der Waals surface area contributed by atoms with E-state index in [1.165, 1.54) is 16.2 Å².